The zero-order chi connectivity index (χ0) is 22.2. The second-order valence-corrected chi connectivity index (χ2v) is 7.40. The van der Waals surface area contributed by atoms with E-state index < -0.39 is 0 Å². The van der Waals surface area contributed by atoms with Crippen LogP contribution in [0.2, 0.25) is 0 Å². The van der Waals surface area contributed by atoms with Crippen molar-refractivity contribution in [2.45, 2.75) is 0 Å². The van der Waals surface area contributed by atoms with E-state index in [9.17, 15) is 0 Å². The van der Waals surface area contributed by atoms with Crippen LogP contribution >= 0.6 is 0 Å². The fraction of sp³-hybridized carbons (Fsp3) is 0. The van der Waals surface area contributed by atoms with Gasteiger partial charge in [0.2, 0.25) is 0 Å². The Balaban J connectivity index is 0.000000212. The van der Waals surface area contributed by atoms with Gasteiger partial charge in [0.1, 0.15) is 0 Å². The molecule has 6 aromatic carbocycles. The Kier molecular flexibility index (Phi) is 11.1. The first kappa shape index (κ1) is 27.4. The van der Waals surface area contributed by atoms with E-state index in [2.05, 4.69) is 140 Å². The van der Waals surface area contributed by atoms with Gasteiger partial charge >= 0.3 is 30.2 Å². The molecule has 2 heteroatoms. The van der Waals surface area contributed by atoms with Crippen LogP contribution in [0.4, 0.5) is 0 Å². The smallest absolute Gasteiger partial charge is 0.0279 e. The number of hydrogen-bond acceptors (Lipinski definition) is 0. The van der Waals surface area contributed by atoms with Crippen LogP contribution < -0.4 is 0 Å². The van der Waals surface area contributed by atoms with Crippen LogP contribution in [0.15, 0.2) is 133 Å². The first-order valence-electron chi connectivity index (χ1n) is 10.5. The molecule has 6 aromatic rings. The second kappa shape index (κ2) is 13.8. The number of fused-ring (bicyclic) bond motifs is 2. The SMILES string of the molecule is [CH3-].[CH3-].[Si]=[Zr].c1ccc(-c2cccc3[cH-]ccc23)cc1.c1ccc(-c2cccc3[cH-]ccc23)cc1. The summed E-state index contributed by atoms with van der Waals surface area (Å²) in [5.74, 6) is 0. The van der Waals surface area contributed by atoms with Gasteiger partial charge in [0.15, 0.2) is 0 Å². The number of hydrogen-bond donors (Lipinski definition) is 0. The molecule has 0 bridgehead atoms. The standard InChI is InChI=1S/2C15H11.2CH3.Si.Zr/c2*1-2-6-12(7-3-1)14-10-4-8-13-9-5-11-15(13)14;;;;/h2*1-11H;2*1H3;;/q4*-1;;. The third-order valence-corrected chi connectivity index (χ3v) is 5.53. The third kappa shape index (κ3) is 6.20. The van der Waals surface area contributed by atoms with E-state index in [0.29, 0.717) is 0 Å². The van der Waals surface area contributed by atoms with Crippen molar-refractivity contribution < 1.29 is 23.3 Å². The summed E-state index contributed by atoms with van der Waals surface area (Å²) in [6, 6.07) is 46.8. The van der Waals surface area contributed by atoms with E-state index in [4.69, 9.17) is 0 Å². The molecule has 0 amide bonds. The maximum Gasteiger partial charge on any atom is -0.0279 e. The summed E-state index contributed by atoms with van der Waals surface area (Å²) in [6.45, 7) is 3.06. The van der Waals surface area contributed by atoms with Crippen molar-refractivity contribution in [2.75, 3.05) is 0 Å². The second-order valence-electron chi connectivity index (χ2n) is 7.40. The fourth-order valence-electron chi connectivity index (χ4n) is 4.06. The summed E-state index contributed by atoms with van der Waals surface area (Å²) in [6.07, 6.45) is 0. The minimum atomic E-state index is 0. The van der Waals surface area contributed by atoms with Gasteiger partial charge in [-0.05, 0) is 11.1 Å². The largest absolute Gasteiger partial charge is 0.168 e. The molecule has 0 saturated heterocycles. The normalized spacial score (nSPS) is 9.50. The molecule has 0 nitrogen and oxygen atoms in total. The molecule has 2 radical (unpaired) electrons. The molecule has 6 rings (SSSR count). The van der Waals surface area contributed by atoms with E-state index in [1.807, 2.05) is 0 Å². The summed E-state index contributed by atoms with van der Waals surface area (Å²) < 4.78 is 0. The van der Waals surface area contributed by atoms with Gasteiger partial charge in [0, 0.05) is 0 Å². The van der Waals surface area contributed by atoms with Gasteiger partial charge in [-0.1, -0.05) is 83.9 Å². The summed E-state index contributed by atoms with van der Waals surface area (Å²) in [5, 5.41) is 5.31. The molecule has 0 aliphatic rings. The van der Waals surface area contributed by atoms with Crippen molar-refractivity contribution in [3.8, 4) is 22.3 Å². The molecule has 0 unspecified atom stereocenters. The third-order valence-electron chi connectivity index (χ3n) is 5.53. The molecule has 0 saturated carbocycles. The molecule has 0 heterocycles. The van der Waals surface area contributed by atoms with Crippen LogP contribution in [0, 0.1) is 14.9 Å². The van der Waals surface area contributed by atoms with Crippen LogP contribution in [0.1, 0.15) is 0 Å². The molecule has 0 aliphatic carbocycles. The van der Waals surface area contributed by atoms with E-state index in [0.717, 1.165) is 0 Å². The molecule has 0 fully saturated rings. The summed E-state index contributed by atoms with van der Waals surface area (Å²) in [4.78, 5) is 0. The van der Waals surface area contributed by atoms with Crippen LogP contribution in [0.3, 0.4) is 0 Å². The molecular weight excluding hydrogens is 504 g/mol. The van der Waals surface area contributed by atoms with Crippen molar-refractivity contribution in [1.29, 1.82) is 0 Å². The predicted molar refractivity (Wildman–Crippen MR) is 149 cm³/mol. The van der Waals surface area contributed by atoms with Crippen LogP contribution in [-0.2, 0) is 23.3 Å². The van der Waals surface area contributed by atoms with E-state index in [1.165, 1.54) is 67.1 Å². The van der Waals surface area contributed by atoms with Gasteiger partial charge in [0.25, 0.3) is 0 Å². The Labute approximate surface area is 221 Å². The van der Waals surface area contributed by atoms with Crippen molar-refractivity contribution in [1.82, 2.24) is 0 Å². The van der Waals surface area contributed by atoms with Crippen LogP contribution in [-0.4, -0.2) is 6.88 Å². The van der Waals surface area contributed by atoms with Gasteiger partial charge in [-0.3, -0.25) is 0 Å². The van der Waals surface area contributed by atoms with Crippen molar-refractivity contribution in [3.63, 3.8) is 0 Å². The average molecular weight is 532 g/mol. The first-order chi connectivity index (χ1) is 15.9. The Bertz CT molecular complexity index is 1290. The van der Waals surface area contributed by atoms with Gasteiger partial charge in [-0.15, -0.1) is 57.9 Å². The molecule has 0 aromatic heterocycles. The minimum absolute atomic E-state index is 0. The van der Waals surface area contributed by atoms with E-state index >= 15 is 0 Å². The van der Waals surface area contributed by atoms with Gasteiger partial charge in [-0.2, -0.15) is 24.3 Å². The van der Waals surface area contributed by atoms with Crippen LogP contribution in [0.25, 0.3) is 43.8 Å². The Morgan fingerprint density at radius 3 is 1.21 bits per heavy atom. The molecule has 0 spiro atoms. The summed E-state index contributed by atoms with van der Waals surface area (Å²) >= 11 is 1.36. The molecule has 0 atom stereocenters. The monoisotopic (exact) mass is 530 g/mol. The maximum atomic E-state index is 3.06. The zero-order valence-electron chi connectivity index (χ0n) is 19.7. The first-order valence-corrected chi connectivity index (χ1v) is 14.7. The minimum Gasteiger partial charge on any atom is -0.168 e. The van der Waals surface area contributed by atoms with Crippen molar-refractivity contribution in [3.05, 3.63) is 148 Å². The Morgan fingerprint density at radius 2 is 0.824 bits per heavy atom. The number of benzene rings is 4. The summed E-state index contributed by atoms with van der Waals surface area (Å²) in [7, 11) is 0. The van der Waals surface area contributed by atoms with Crippen molar-refractivity contribution in [2.24, 2.45) is 0 Å². The van der Waals surface area contributed by atoms with E-state index in [1.54, 1.807) is 0 Å². The predicted octanol–water partition coefficient (Wildman–Crippen LogP) is 8.97. The van der Waals surface area contributed by atoms with Crippen molar-refractivity contribution >= 4 is 28.4 Å². The Morgan fingerprint density at radius 1 is 0.441 bits per heavy atom. The fourth-order valence-corrected chi connectivity index (χ4v) is 4.06. The van der Waals surface area contributed by atoms with Gasteiger partial charge in [0.05, 0.1) is 0 Å². The molecule has 168 valence electrons. The summed E-state index contributed by atoms with van der Waals surface area (Å²) in [5.41, 5.74) is 5.21. The average Bonchev–Trinajstić information content (AvgIpc) is 3.56. The van der Waals surface area contributed by atoms with E-state index in [-0.39, 0.29) is 14.9 Å². The van der Waals surface area contributed by atoms with Gasteiger partial charge < -0.3 is 14.9 Å². The van der Waals surface area contributed by atoms with Gasteiger partial charge in [-0.25, -0.2) is 0 Å². The quantitative estimate of drug-likeness (QED) is 0.154. The topological polar surface area (TPSA) is 0 Å². The number of rotatable bonds is 2. The maximum absolute atomic E-state index is 3.06. The molecule has 0 aliphatic heterocycles. The van der Waals surface area contributed by atoms with Crippen LogP contribution in [0.5, 0.6) is 0 Å². The molecule has 34 heavy (non-hydrogen) atoms. The zero-order valence-corrected chi connectivity index (χ0v) is 23.2. The molecular formula is C32H28SiZr-4. The molecule has 0 N–H and O–H groups in total. The Hall–Kier alpha value is -2.80.